The average Bonchev–Trinajstić information content (AvgIpc) is 3.35. The second-order valence-corrected chi connectivity index (χ2v) is 10.9. The Bertz CT molecular complexity index is 805. The maximum atomic E-state index is 12.6. The Kier molecular flexibility index (Phi) is 6.79. The van der Waals surface area contributed by atoms with Gasteiger partial charge in [0.15, 0.2) is 5.69 Å². The summed E-state index contributed by atoms with van der Waals surface area (Å²) in [6.45, 7) is 12.4. The number of nitrogens with one attached hydrogen (secondary N) is 1. The molecule has 0 radical (unpaired) electrons. The van der Waals surface area contributed by atoms with Crippen molar-refractivity contribution in [1.82, 2.24) is 20.3 Å². The Hall–Kier alpha value is -2.09. The Morgan fingerprint density at radius 3 is 2.56 bits per heavy atom. The molecule has 3 fully saturated rings. The van der Waals surface area contributed by atoms with Gasteiger partial charge in [-0.05, 0) is 71.3 Å². The van der Waals surface area contributed by atoms with Crippen molar-refractivity contribution in [2.24, 2.45) is 11.8 Å². The molecule has 178 valence electrons. The smallest absolute Gasteiger partial charge is 0.410 e. The molecule has 1 saturated carbocycles. The lowest BCUT2D eigenvalue weighted by Gasteiger charge is -2.34. The number of aromatic nitrogens is 1. The molecule has 1 N–H and O–H groups in total. The summed E-state index contributed by atoms with van der Waals surface area (Å²) in [5, 5.41) is 7.12. The van der Waals surface area contributed by atoms with Crippen molar-refractivity contribution < 1.29 is 18.8 Å². The van der Waals surface area contributed by atoms with E-state index in [1.807, 2.05) is 25.7 Å². The molecule has 1 aliphatic carbocycles. The zero-order chi connectivity index (χ0) is 22.9. The van der Waals surface area contributed by atoms with E-state index >= 15 is 0 Å². The van der Waals surface area contributed by atoms with Crippen LogP contribution in [0.25, 0.3) is 0 Å². The first-order valence-corrected chi connectivity index (χ1v) is 12.2. The van der Waals surface area contributed by atoms with Gasteiger partial charge in [0.05, 0.1) is 0 Å². The largest absolute Gasteiger partial charge is 0.444 e. The second-order valence-electron chi connectivity index (χ2n) is 10.9. The van der Waals surface area contributed by atoms with Gasteiger partial charge in [-0.15, -0.1) is 0 Å². The van der Waals surface area contributed by atoms with Gasteiger partial charge in [0.2, 0.25) is 0 Å². The van der Waals surface area contributed by atoms with Crippen LogP contribution in [0.15, 0.2) is 10.6 Å². The van der Waals surface area contributed by atoms with Crippen molar-refractivity contribution in [3.05, 3.63) is 17.5 Å². The van der Waals surface area contributed by atoms with Gasteiger partial charge in [0.1, 0.15) is 11.4 Å². The van der Waals surface area contributed by atoms with Gasteiger partial charge in [0.25, 0.3) is 5.91 Å². The highest BCUT2D eigenvalue weighted by Crippen LogP contribution is 2.40. The third kappa shape index (κ3) is 6.03. The lowest BCUT2D eigenvalue weighted by molar-refractivity contribution is 0.0178. The van der Waals surface area contributed by atoms with Crippen molar-refractivity contribution in [1.29, 1.82) is 0 Å². The van der Waals surface area contributed by atoms with Crippen LogP contribution in [0.5, 0.6) is 0 Å². The molecule has 0 aromatic carbocycles. The summed E-state index contributed by atoms with van der Waals surface area (Å²) in [4.78, 5) is 29.1. The van der Waals surface area contributed by atoms with Crippen molar-refractivity contribution >= 4 is 12.0 Å². The molecule has 0 bridgehead atoms. The van der Waals surface area contributed by atoms with E-state index in [0.29, 0.717) is 23.4 Å². The predicted molar refractivity (Wildman–Crippen MR) is 120 cm³/mol. The molecule has 2 amide bonds. The van der Waals surface area contributed by atoms with Crippen LogP contribution in [0.1, 0.15) is 82.0 Å². The first-order chi connectivity index (χ1) is 15.2. The summed E-state index contributed by atoms with van der Waals surface area (Å²) in [5.74, 6) is 2.21. The summed E-state index contributed by atoms with van der Waals surface area (Å²) in [6, 6.07) is 1.94. The molecule has 1 aromatic rings. The number of hydrogen-bond acceptors (Lipinski definition) is 6. The zero-order valence-corrected chi connectivity index (χ0v) is 19.9. The Labute approximate surface area is 191 Å². The number of amides is 2. The molecule has 2 atom stereocenters. The van der Waals surface area contributed by atoms with Crippen LogP contribution in [-0.2, 0) is 4.74 Å². The van der Waals surface area contributed by atoms with Crippen LogP contribution >= 0.6 is 0 Å². The fraction of sp³-hybridized carbons (Fsp3) is 0.792. The quantitative estimate of drug-likeness (QED) is 0.718. The molecule has 3 heterocycles. The number of carbonyl (C=O) groups is 2. The molecular formula is C24H38N4O4. The monoisotopic (exact) mass is 446 g/mol. The van der Waals surface area contributed by atoms with Crippen LogP contribution in [0, 0.1) is 11.8 Å². The van der Waals surface area contributed by atoms with Gasteiger partial charge in [-0.25, -0.2) is 4.79 Å². The highest BCUT2D eigenvalue weighted by atomic mass is 16.6. The average molecular weight is 447 g/mol. The van der Waals surface area contributed by atoms with Gasteiger partial charge in [-0.1, -0.05) is 12.1 Å². The molecule has 32 heavy (non-hydrogen) atoms. The highest BCUT2D eigenvalue weighted by Gasteiger charge is 2.33. The lowest BCUT2D eigenvalue weighted by atomic mass is 9.93. The third-order valence-corrected chi connectivity index (χ3v) is 6.86. The van der Waals surface area contributed by atoms with E-state index in [1.165, 1.54) is 0 Å². The molecule has 2 aliphatic heterocycles. The minimum Gasteiger partial charge on any atom is -0.444 e. The maximum absolute atomic E-state index is 12.6. The second kappa shape index (κ2) is 9.41. The lowest BCUT2D eigenvalue weighted by Crippen LogP contribution is -2.42. The Balaban J connectivity index is 1.17. The first kappa shape index (κ1) is 23.1. The standard InChI is InChI=1S/C24H38N4O4/c1-16-14-27(10-7-17-8-11-28(12-9-17)23(30)31-24(2,3)4)15-20(16)25-22(29)19-13-21(32-26-19)18-5-6-18/h13,16-18,20H,5-12,14-15H2,1-4H3,(H,25,29)/t16-,20+/m0/s1. The van der Waals surface area contributed by atoms with Crippen LogP contribution in [0.3, 0.4) is 0 Å². The molecule has 8 nitrogen and oxygen atoms in total. The molecule has 4 rings (SSSR count). The maximum Gasteiger partial charge on any atom is 0.410 e. The zero-order valence-electron chi connectivity index (χ0n) is 19.9. The first-order valence-electron chi connectivity index (χ1n) is 12.2. The van der Waals surface area contributed by atoms with Crippen LogP contribution in [0.2, 0.25) is 0 Å². The van der Waals surface area contributed by atoms with Gasteiger partial charge in [-0.3, -0.25) is 4.79 Å². The van der Waals surface area contributed by atoms with E-state index in [-0.39, 0.29) is 18.0 Å². The van der Waals surface area contributed by atoms with Gasteiger partial charge in [-0.2, -0.15) is 0 Å². The number of piperidine rings is 1. The fourth-order valence-corrected chi connectivity index (χ4v) is 4.73. The minimum atomic E-state index is -0.445. The molecule has 8 heteroatoms. The highest BCUT2D eigenvalue weighted by molar-refractivity contribution is 5.92. The number of hydrogen-bond donors (Lipinski definition) is 1. The Morgan fingerprint density at radius 2 is 1.91 bits per heavy atom. The summed E-state index contributed by atoms with van der Waals surface area (Å²) < 4.78 is 10.8. The van der Waals surface area contributed by atoms with E-state index in [2.05, 4.69) is 22.3 Å². The number of ether oxygens (including phenoxy) is 1. The number of carbonyl (C=O) groups excluding carboxylic acids is 2. The Morgan fingerprint density at radius 1 is 1.19 bits per heavy atom. The van der Waals surface area contributed by atoms with Gasteiger partial charge < -0.3 is 24.4 Å². The van der Waals surface area contributed by atoms with E-state index < -0.39 is 5.60 Å². The van der Waals surface area contributed by atoms with Gasteiger partial charge >= 0.3 is 6.09 Å². The topological polar surface area (TPSA) is 87.9 Å². The van der Waals surface area contributed by atoms with Crippen molar-refractivity contribution in [3.63, 3.8) is 0 Å². The number of likely N-dealkylation sites (tertiary alicyclic amines) is 2. The van der Waals surface area contributed by atoms with E-state index in [0.717, 1.165) is 70.6 Å². The SMILES string of the molecule is C[C@H]1CN(CCC2CCN(C(=O)OC(C)(C)C)CC2)C[C@H]1NC(=O)c1cc(C2CC2)on1. The van der Waals surface area contributed by atoms with Crippen LogP contribution < -0.4 is 5.32 Å². The fourth-order valence-electron chi connectivity index (χ4n) is 4.73. The summed E-state index contributed by atoms with van der Waals surface area (Å²) >= 11 is 0. The van der Waals surface area contributed by atoms with Crippen molar-refractivity contribution in [3.8, 4) is 0 Å². The summed E-state index contributed by atoms with van der Waals surface area (Å²) in [5.41, 5.74) is -0.0474. The number of rotatable bonds is 6. The van der Waals surface area contributed by atoms with Gasteiger partial charge in [0, 0.05) is 44.2 Å². The van der Waals surface area contributed by atoms with Crippen LogP contribution in [0.4, 0.5) is 4.79 Å². The van der Waals surface area contributed by atoms with E-state index in [9.17, 15) is 9.59 Å². The van der Waals surface area contributed by atoms with E-state index in [4.69, 9.17) is 9.26 Å². The molecule has 0 unspecified atom stereocenters. The molecule has 0 spiro atoms. The van der Waals surface area contributed by atoms with E-state index in [1.54, 1.807) is 6.07 Å². The normalized spacial score (nSPS) is 25.2. The molecule has 1 aromatic heterocycles. The van der Waals surface area contributed by atoms with Crippen molar-refractivity contribution in [2.45, 2.75) is 77.4 Å². The molecular weight excluding hydrogens is 408 g/mol. The molecule has 2 saturated heterocycles. The molecule has 3 aliphatic rings. The van der Waals surface area contributed by atoms with Crippen LogP contribution in [-0.4, -0.2) is 71.3 Å². The minimum absolute atomic E-state index is 0.131. The number of nitrogens with zero attached hydrogens (tertiary/aromatic N) is 3. The van der Waals surface area contributed by atoms with Crippen molar-refractivity contribution in [2.75, 3.05) is 32.7 Å². The third-order valence-electron chi connectivity index (χ3n) is 6.86. The summed E-state index contributed by atoms with van der Waals surface area (Å²) in [7, 11) is 0. The predicted octanol–water partition coefficient (Wildman–Crippen LogP) is 3.64. The summed E-state index contributed by atoms with van der Waals surface area (Å²) in [6.07, 6.45) is 5.25.